The van der Waals surface area contributed by atoms with Gasteiger partial charge in [0.1, 0.15) is 0 Å². The van der Waals surface area contributed by atoms with Crippen molar-refractivity contribution in [3.05, 3.63) is 29.8 Å². The largest absolute Gasteiger partial charge is 0.376 e. The lowest BCUT2D eigenvalue weighted by Gasteiger charge is -2.00. The van der Waals surface area contributed by atoms with Crippen molar-refractivity contribution >= 4 is 18.3 Å². The van der Waals surface area contributed by atoms with Crippen molar-refractivity contribution in [2.75, 3.05) is 11.2 Å². The van der Waals surface area contributed by atoms with Gasteiger partial charge >= 0.3 is 0 Å². The molecule has 1 rings (SSSR count). The molecule has 0 aromatic heterocycles. The van der Waals surface area contributed by atoms with E-state index in [4.69, 9.17) is 0 Å². The quantitative estimate of drug-likeness (QED) is 0.490. The van der Waals surface area contributed by atoms with Gasteiger partial charge in [0.25, 0.3) is 0 Å². The van der Waals surface area contributed by atoms with Crippen molar-refractivity contribution < 1.29 is 0 Å². The monoisotopic (exact) mass is 153 g/mol. The highest BCUT2D eigenvalue weighted by Gasteiger charge is 1.86. The molecular weight excluding hydrogens is 142 g/mol. The van der Waals surface area contributed by atoms with E-state index in [1.165, 1.54) is 5.56 Å². The van der Waals surface area contributed by atoms with E-state index in [2.05, 4.69) is 37.0 Å². The van der Waals surface area contributed by atoms with Crippen LogP contribution in [-0.4, -0.2) is 5.88 Å². The number of hydrogen-bond donors (Lipinski definition) is 2. The molecule has 10 heavy (non-hydrogen) atoms. The average Bonchev–Trinajstić information content (AvgIpc) is 1.95. The predicted molar refractivity (Wildman–Crippen MR) is 48.7 cm³/mol. The van der Waals surface area contributed by atoms with Gasteiger partial charge in [-0.1, -0.05) is 17.7 Å². The van der Waals surface area contributed by atoms with Crippen molar-refractivity contribution in [2.24, 2.45) is 0 Å². The summed E-state index contributed by atoms with van der Waals surface area (Å²) in [5, 5.41) is 3.10. The van der Waals surface area contributed by atoms with E-state index in [1.54, 1.807) is 0 Å². The zero-order valence-electron chi connectivity index (χ0n) is 5.96. The lowest BCUT2D eigenvalue weighted by atomic mass is 10.2. The number of aryl methyl sites for hydroxylation is 1. The predicted octanol–water partition coefficient (Wildman–Crippen LogP) is 2.29. The molecule has 1 nitrogen and oxygen atoms in total. The molecule has 1 aromatic rings. The Bertz CT molecular complexity index is 193. The first-order chi connectivity index (χ1) is 4.83. The normalized spacial score (nSPS) is 9.40. The first kappa shape index (κ1) is 7.48. The van der Waals surface area contributed by atoms with Gasteiger partial charge < -0.3 is 5.32 Å². The lowest BCUT2D eigenvalue weighted by Crippen LogP contribution is -1.92. The third kappa shape index (κ3) is 1.95. The first-order valence-electron chi connectivity index (χ1n) is 3.24. The van der Waals surface area contributed by atoms with Crippen LogP contribution in [0.2, 0.25) is 0 Å². The van der Waals surface area contributed by atoms with E-state index >= 15 is 0 Å². The molecular formula is C8H11NS. The number of hydrogen-bond acceptors (Lipinski definition) is 2. The Morgan fingerprint density at radius 2 is 1.90 bits per heavy atom. The molecule has 0 heterocycles. The van der Waals surface area contributed by atoms with Crippen molar-refractivity contribution in [3.8, 4) is 0 Å². The van der Waals surface area contributed by atoms with Crippen LogP contribution in [0.3, 0.4) is 0 Å². The standard InChI is InChI=1S/C8H11NS/c1-7-2-4-8(5-3-7)9-6-10/h2-5,9-10H,6H2,1H3. The van der Waals surface area contributed by atoms with Crippen LogP contribution >= 0.6 is 12.6 Å². The number of rotatable bonds is 2. The minimum Gasteiger partial charge on any atom is -0.376 e. The fourth-order valence-corrected chi connectivity index (χ4v) is 0.945. The molecule has 0 atom stereocenters. The Hall–Kier alpha value is -0.630. The van der Waals surface area contributed by atoms with Crippen LogP contribution in [0.15, 0.2) is 24.3 Å². The highest BCUT2D eigenvalue weighted by Crippen LogP contribution is 2.07. The fourth-order valence-electron chi connectivity index (χ4n) is 0.763. The summed E-state index contributed by atoms with van der Waals surface area (Å²) >= 11 is 4.05. The summed E-state index contributed by atoms with van der Waals surface area (Å²) in [5.74, 6) is 0.684. The van der Waals surface area contributed by atoms with E-state index < -0.39 is 0 Å². The van der Waals surface area contributed by atoms with Gasteiger partial charge in [-0.25, -0.2) is 0 Å². The van der Waals surface area contributed by atoms with E-state index in [0.29, 0.717) is 5.88 Å². The number of nitrogens with one attached hydrogen (secondary N) is 1. The minimum atomic E-state index is 0.684. The molecule has 1 N–H and O–H groups in total. The van der Waals surface area contributed by atoms with Gasteiger partial charge in [-0.2, -0.15) is 12.6 Å². The van der Waals surface area contributed by atoms with Gasteiger partial charge in [0.2, 0.25) is 0 Å². The molecule has 54 valence electrons. The summed E-state index contributed by atoms with van der Waals surface area (Å²) in [7, 11) is 0. The zero-order chi connectivity index (χ0) is 7.40. The van der Waals surface area contributed by atoms with E-state index in [-0.39, 0.29) is 0 Å². The molecule has 1 aromatic carbocycles. The molecule has 0 aliphatic heterocycles. The first-order valence-corrected chi connectivity index (χ1v) is 3.87. The van der Waals surface area contributed by atoms with Gasteiger partial charge in [0.05, 0.1) is 5.88 Å². The van der Waals surface area contributed by atoms with Gasteiger partial charge in [-0.3, -0.25) is 0 Å². The van der Waals surface area contributed by atoms with Crippen LogP contribution in [0.1, 0.15) is 5.56 Å². The van der Waals surface area contributed by atoms with Crippen molar-refractivity contribution in [1.82, 2.24) is 0 Å². The Labute approximate surface area is 66.9 Å². The number of benzene rings is 1. The zero-order valence-corrected chi connectivity index (χ0v) is 6.86. The Balaban J connectivity index is 2.69. The van der Waals surface area contributed by atoms with Gasteiger partial charge in [-0.05, 0) is 19.1 Å². The summed E-state index contributed by atoms with van der Waals surface area (Å²) in [6, 6.07) is 8.24. The van der Waals surface area contributed by atoms with Crippen molar-refractivity contribution in [2.45, 2.75) is 6.92 Å². The Kier molecular flexibility index (Phi) is 2.63. The maximum absolute atomic E-state index is 4.05. The molecule has 0 aliphatic rings. The molecule has 0 saturated heterocycles. The van der Waals surface area contributed by atoms with Crippen LogP contribution in [0.5, 0.6) is 0 Å². The van der Waals surface area contributed by atoms with Gasteiger partial charge in [0.15, 0.2) is 0 Å². The van der Waals surface area contributed by atoms with E-state index in [0.717, 1.165) is 5.69 Å². The smallest absolute Gasteiger partial charge is 0.0581 e. The van der Waals surface area contributed by atoms with Crippen LogP contribution in [0.25, 0.3) is 0 Å². The van der Waals surface area contributed by atoms with Gasteiger partial charge in [0, 0.05) is 5.69 Å². The summed E-state index contributed by atoms with van der Waals surface area (Å²) in [6.07, 6.45) is 0. The molecule has 0 spiro atoms. The van der Waals surface area contributed by atoms with Crippen LogP contribution in [-0.2, 0) is 0 Å². The highest BCUT2D eigenvalue weighted by atomic mass is 32.1. The molecule has 2 heteroatoms. The maximum atomic E-state index is 4.05. The summed E-state index contributed by atoms with van der Waals surface area (Å²) in [6.45, 7) is 2.07. The molecule has 0 unspecified atom stereocenters. The Morgan fingerprint density at radius 3 is 2.40 bits per heavy atom. The molecule has 0 saturated carbocycles. The molecule has 0 radical (unpaired) electrons. The third-order valence-electron chi connectivity index (χ3n) is 1.33. The van der Waals surface area contributed by atoms with Crippen LogP contribution < -0.4 is 5.32 Å². The van der Waals surface area contributed by atoms with E-state index in [9.17, 15) is 0 Å². The fraction of sp³-hybridized carbons (Fsp3) is 0.250. The summed E-state index contributed by atoms with van der Waals surface area (Å²) in [4.78, 5) is 0. The van der Waals surface area contributed by atoms with E-state index in [1.807, 2.05) is 12.1 Å². The SMILES string of the molecule is Cc1ccc(NCS)cc1. The minimum absolute atomic E-state index is 0.684. The average molecular weight is 153 g/mol. The molecule has 0 fully saturated rings. The molecule has 0 aliphatic carbocycles. The maximum Gasteiger partial charge on any atom is 0.0581 e. The molecule has 0 bridgehead atoms. The number of anilines is 1. The number of thiol groups is 1. The Morgan fingerprint density at radius 1 is 1.30 bits per heavy atom. The topological polar surface area (TPSA) is 12.0 Å². The summed E-state index contributed by atoms with van der Waals surface area (Å²) in [5.41, 5.74) is 2.41. The van der Waals surface area contributed by atoms with Gasteiger partial charge in [-0.15, -0.1) is 0 Å². The lowest BCUT2D eigenvalue weighted by molar-refractivity contribution is 1.42. The van der Waals surface area contributed by atoms with Crippen molar-refractivity contribution in [1.29, 1.82) is 0 Å². The second kappa shape index (κ2) is 3.52. The van der Waals surface area contributed by atoms with Crippen LogP contribution in [0.4, 0.5) is 5.69 Å². The summed E-state index contributed by atoms with van der Waals surface area (Å²) < 4.78 is 0. The third-order valence-corrected chi connectivity index (χ3v) is 1.49. The molecule has 0 amide bonds. The van der Waals surface area contributed by atoms with Crippen LogP contribution in [0, 0.1) is 6.92 Å². The second-order valence-corrected chi connectivity index (χ2v) is 2.52. The second-order valence-electron chi connectivity index (χ2n) is 2.20. The highest BCUT2D eigenvalue weighted by molar-refractivity contribution is 7.80. The van der Waals surface area contributed by atoms with Crippen molar-refractivity contribution in [3.63, 3.8) is 0 Å².